The van der Waals surface area contributed by atoms with E-state index in [-0.39, 0.29) is 6.04 Å². The van der Waals surface area contributed by atoms with Crippen LogP contribution >= 0.6 is 0 Å². The molecular weight excluding hydrogens is 252 g/mol. The number of aryl methyl sites for hydroxylation is 1. The molecule has 0 saturated heterocycles. The van der Waals surface area contributed by atoms with Gasteiger partial charge in [-0.3, -0.25) is 4.68 Å². The van der Waals surface area contributed by atoms with Crippen molar-refractivity contribution in [3.63, 3.8) is 0 Å². The van der Waals surface area contributed by atoms with Gasteiger partial charge in [-0.2, -0.15) is 5.10 Å². The van der Waals surface area contributed by atoms with Crippen molar-refractivity contribution in [1.82, 2.24) is 14.8 Å². The Bertz CT molecular complexity index is 687. The average Bonchev–Trinajstić information content (AvgIpc) is 3.09. The summed E-state index contributed by atoms with van der Waals surface area (Å²) in [6.07, 6.45) is 4.95. The summed E-state index contributed by atoms with van der Waals surface area (Å²) in [5.41, 5.74) is 3.17. The number of oxazole rings is 1. The molecule has 0 amide bonds. The van der Waals surface area contributed by atoms with E-state index in [0.717, 1.165) is 22.7 Å². The zero-order chi connectivity index (χ0) is 13.9. The number of aromatic nitrogens is 3. The largest absolute Gasteiger partial charge is 0.444 e. The Labute approximate surface area is 117 Å². The Balaban J connectivity index is 1.81. The predicted molar refractivity (Wildman–Crippen MR) is 77.2 cm³/mol. The molecule has 0 aliphatic rings. The van der Waals surface area contributed by atoms with Gasteiger partial charge in [-0.15, -0.1) is 0 Å². The lowest BCUT2D eigenvalue weighted by Gasteiger charge is -2.16. The van der Waals surface area contributed by atoms with Crippen LogP contribution < -0.4 is 5.32 Å². The molecule has 0 aliphatic heterocycles. The lowest BCUT2D eigenvalue weighted by Crippen LogP contribution is -2.11. The van der Waals surface area contributed by atoms with E-state index in [4.69, 9.17) is 4.42 Å². The molecule has 0 spiro atoms. The molecule has 1 aromatic carbocycles. The van der Waals surface area contributed by atoms with Crippen molar-refractivity contribution in [1.29, 1.82) is 0 Å². The summed E-state index contributed by atoms with van der Waals surface area (Å²) < 4.78 is 7.19. The highest BCUT2D eigenvalue weighted by molar-refractivity contribution is 5.63. The fourth-order valence-electron chi connectivity index (χ4n) is 2.25. The van der Waals surface area contributed by atoms with Gasteiger partial charge in [0.15, 0.2) is 12.2 Å². The van der Waals surface area contributed by atoms with Crippen LogP contribution in [0.15, 0.2) is 53.5 Å². The van der Waals surface area contributed by atoms with Gasteiger partial charge in [0.1, 0.15) is 0 Å². The molecule has 1 atom stereocenters. The van der Waals surface area contributed by atoms with Crippen LogP contribution in [0.1, 0.15) is 18.7 Å². The second kappa shape index (κ2) is 5.21. The van der Waals surface area contributed by atoms with Gasteiger partial charge in [0.25, 0.3) is 0 Å². The molecule has 0 saturated carbocycles. The van der Waals surface area contributed by atoms with Crippen LogP contribution in [-0.4, -0.2) is 14.8 Å². The minimum atomic E-state index is 0.174. The third-order valence-corrected chi connectivity index (χ3v) is 3.27. The molecule has 0 radical (unpaired) electrons. The van der Waals surface area contributed by atoms with Gasteiger partial charge in [-0.1, -0.05) is 12.1 Å². The molecule has 20 heavy (non-hydrogen) atoms. The Morgan fingerprint density at radius 3 is 2.90 bits per heavy atom. The quantitative estimate of drug-likeness (QED) is 0.789. The van der Waals surface area contributed by atoms with E-state index in [9.17, 15) is 0 Å². The van der Waals surface area contributed by atoms with E-state index in [1.165, 1.54) is 6.39 Å². The summed E-state index contributed by atoms with van der Waals surface area (Å²) >= 11 is 0. The van der Waals surface area contributed by atoms with Crippen LogP contribution in [0.4, 0.5) is 5.69 Å². The van der Waals surface area contributed by atoms with Gasteiger partial charge in [-0.25, -0.2) is 4.98 Å². The summed E-state index contributed by atoms with van der Waals surface area (Å²) in [5, 5.41) is 7.66. The summed E-state index contributed by atoms with van der Waals surface area (Å²) in [6, 6.07) is 10.3. The normalized spacial score (nSPS) is 12.3. The number of nitrogens with one attached hydrogen (secondary N) is 1. The number of hydrogen-bond acceptors (Lipinski definition) is 4. The highest BCUT2D eigenvalue weighted by atomic mass is 16.3. The van der Waals surface area contributed by atoms with Gasteiger partial charge in [0.2, 0.25) is 0 Å². The third kappa shape index (κ3) is 2.42. The van der Waals surface area contributed by atoms with Crippen molar-refractivity contribution in [3.8, 4) is 11.3 Å². The van der Waals surface area contributed by atoms with Crippen molar-refractivity contribution >= 4 is 5.69 Å². The van der Waals surface area contributed by atoms with Gasteiger partial charge >= 0.3 is 0 Å². The summed E-state index contributed by atoms with van der Waals surface area (Å²) in [7, 11) is 1.94. The van der Waals surface area contributed by atoms with Crippen LogP contribution in [0.5, 0.6) is 0 Å². The molecule has 2 aromatic heterocycles. The predicted octanol–water partition coefficient (Wildman–Crippen LogP) is 3.25. The minimum Gasteiger partial charge on any atom is -0.444 e. The minimum absolute atomic E-state index is 0.174. The maximum atomic E-state index is 5.32. The maximum Gasteiger partial charge on any atom is 0.181 e. The van der Waals surface area contributed by atoms with Crippen LogP contribution in [0, 0.1) is 0 Å². The second-order valence-corrected chi connectivity index (χ2v) is 4.69. The first-order valence-electron chi connectivity index (χ1n) is 6.47. The topological polar surface area (TPSA) is 55.9 Å². The van der Waals surface area contributed by atoms with Crippen molar-refractivity contribution < 1.29 is 4.42 Å². The van der Waals surface area contributed by atoms with Gasteiger partial charge in [0.05, 0.1) is 17.9 Å². The van der Waals surface area contributed by atoms with Crippen LogP contribution in [-0.2, 0) is 7.05 Å². The van der Waals surface area contributed by atoms with Crippen molar-refractivity contribution in [2.75, 3.05) is 5.32 Å². The molecule has 1 N–H and O–H groups in total. The van der Waals surface area contributed by atoms with E-state index >= 15 is 0 Å². The fraction of sp³-hybridized carbons (Fsp3) is 0.200. The zero-order valence-corrected chi connectivity index (χ0v) is 11.4. The Morgan fingerprint density at radius 1 is 1.30 bits per heavy atom. The summed E-state index contributed by atoms with van der Waals surface area (Å²) in [6.45, 7) is 2.11. The highest BCUT2D eigenvalue weighted by Gasteiger charge is 2.10. The van der Waals surface area contributed by atoms with Gasteiger partial charge < -0.3 is 9.73 Å². The molecular formula is C15H16N4O. The number of anilines is 1. The van der Waals surface area contributed by atoms with Crippen molar-refractivity contribution in [2.24, 2.45) is 7.05 Å². The third-order valence-electron chi connectivity index (χ3n) is 3.27. The molecule has 5 heteroatoms. The van der Waals surface area contributed by atoms with E-state index in [1.807, 2.05) is 42.1 Å². The van der Waals surface area contributed by atoms with Crippen LogP contribution in [0.2, 0.25) is 0 Å². The Morgan fingerprint density at radius 2 is 2.20 bits per heavy atom. The van der Waals surface area contributed by atoms with E-state index in [1.54, 1.807) is 12.4 Å². The molecule has 1 unspecified atom stereocenters. The number of hydrogen-bond donors (Lipinski definition) is 1. The standard InChI is InChI=1S/C15H16N4O/c1-11(14-6-7-17-19(14)2)18-13-5-3-4-12(8-13)15-9-16-10-20-15/h3-11,18H,1-2H3. The van der Waals surface area contributed by atoms with Gasteiger partial charge in [0, 0.05) is 24.5 Å². The van der Waals surface area contributed by atoms with Crippen LogP contribution in [0.3, 0.4) is 0 Å². The molecule has 0 bridgehead atoms. The number of nitrogens with zero attached hydrogens (tertiary/aromatic N) is 3. The lowest BCUT2D eigenvalue weighted by atomic mass is 10.1. The van der Waals surface area contributed by atoms with E-state index < -0.39 is 0 Å². The average molecular weight is 268 g/mol. The lowest BCUT2D eigenvalue weighted by molar-refractivity contribution is 0.572. The molecule has 102 valence electrons. The zero-order valence-electron chi connectivity index (χ0n) is 11.4. The SMILES string of the molecule is CC(Nc1cccc(-c2cnco2)c1)c1ccnn1C. The Kier molecular flexibility index (Phi) is 3.25. The first-order chi connectivity index (χ1) is 9.74. The molecule has 2 heterocycles. The summed E-state index contributed by atoms with van der Waals surface area (Å²) in [5.74, 6) is 0.766. The highest BCUT2D eigenvalue weighted by Crippen LogP contribution is 2.24. The number of rotatable bonds is 4. The smallest absolute Gasteiger partial charge is 0.181 e. The molecule has 3 rings (SSSR count). The number of benzene rings is 1. The van der Waals surface area contributed by atoms with Crippen molar-refractivity contribution in [2.45, 2.75) is 13.0 Å². The molecule has 0 aliphatic carbocycles. The summed E-state index contributed by atoms with van der Waals surface area (Å²) in [4.78, 5) is 3.94. The Hall–Kier alpha value is -2.56. The molecule has 3 aromatic rings. The first-order valence-corrected chi connectivity index (χ1v) is 6.47. The molecule has 5 nitrogen and oxygen atoms in total. The van der Waals surface area contributed by atoms with Crippen LogP contribution in [0.25, 0.3) is 11.3 Å². The van der Waals surface area contributed by atoms with Crippen molar-refractivity contribution in [3.05, 3.63) is 54.8 Å². The fourth-order valence-corrected chi connectivity index (χ4v) is 2.25. The maximum absolute atomic E-state index is 5.32. The van der Waals surface area contributed by atoms with Gasteiger partial charge in [-0.05, 0) is 25.1 Å². The molecule has 0 fully saturated rings. The second-order valence-electron chi connectivity index (χ2n) is 4.69. The van der Waals surface area contributed by atoms with E-state index in [2.05, 4.69) is 22.3 Å². The monoisotopic (exact) mass is 268 g/mol. The first kappa shape index (κ1) is 12.5. The van der Waals surface area contributed by atoms with E-state index in [0.29, 0.717) is 0 Å².